The number of amides is 1. The summed E-state index contributed by atoms with van der Waals surface area (Å²) in [6, 6.07) is 17.3. The molecule has 1 aliphatic rings. The number of carbonyl (C=O) groups excluding carboxylic acids is 2. The Morgan fingerprint density at radius 1 is 0.976 bits per heavy atom. The molecule has 0 spiro atoms. The lowest BCUT2D eigenvalue weighted by Gasteiger charge is -2.22. The highest BCUT2D eigenvalue weighted by atomic mass is 19.1. The van der Waals surface area contributed by atoms with E-state index < -0.39 is 0 Å². The number of halogens is 1. The predicted molar refractivity (Wildman–Crippen MR) is 161 cm³/mol. The molecule has 41 heavy (non-hydrogen) atoms. The van der Waals surface area contributed by atoms with E-state index in [0.29, 0.717) is 58.3 Å². The number of fused-ring (bicyclic) bond motifs is 1. The van der Waals surface area contributed by atoms with E-state index in [1.807, 2.05) is 36.4 Å². The van der Waals surface area contributed by atoms with Gasteiger partial charge in [0.15, 0.2) is 5.78 Å². The van der Waals surface area contributed by atoms with Crippen LogP contribution in [0.4, 0.5) is 4.39 Å². The van der Waals surface area contributed by atoms with Gasteiger partial charge in [0.05, 0.1) is 12.2 Å². The highest BCUT2D eigenvalue weighted by Gasteiger charge is 2.23. The monoisotopic (exact) mass is 555 g/mol. The van der Waals surface area contributed by atoms with Gasteiger partial charge in [-0.05, 0) is 91.3 Å². The summed E-state index contributed by atoms with van der Waals surface area (Å²) in [6.07, 6.45) is 7.42. The first-order valence-corrected chi connectivity index (χ1v) is 14.7. The van der Waals surface area contributed by atoms with Crippen LogP contribution >= 0.6 is 0 Å². The van der Waals surface area contributed by atoms with Crippen LogP contribution < -0.4 is 10.1 Å². The van der Waals surface area contributed by atoms with Crippen LogP contribution in [0.25, 0.3) is 33.4 Å². The van der Waals surface area contributed by atoms with E-state index in [1.54, 1.807) is 19.2 Å². The minimum absolute atomic E-state index is 0.104. The first-order chi connectivity index (χ1) is 19.8. The number of ketones is 1. The SMILES string of the molecule is CNC(=O)c1c(-c2ccc(F)cc2)oc2ccc(-c3cc(C(=O)CCC(C)C)ccc3OCC3CCCCC3)cc12. The van der Waals surface area contributed by atoms with E-state index >= 15 is 0 Å². The van der Waals surface area contributed by atoms with Crippen molar-refractivity contribution in [2.45, 2.75) is 58.8 Å². The van der Waals surface area contributed by atoms with Crippen LogP contribution in [0.2, 0.25) is 0 Å². The third-order valence-electron chi connectivity index (χ3n) is 8.01. The Labute approximate surface area is 241 Å². The first-order valence-electron chi connectivity index (χ1n) is 14.7. The number of nitrogens with one attached hydrogen (secondary N) is 1. The van der Waals surface area contributed by atoms with Gasteiger partial charge in [0, 0.05) is 35.5 Å². The molecule has 0 atom stereocenters. The second-order valence-corrected chi connectivity index (χ2v) is 11.5. The van der Waals surface area contributed by atoms with Gasteiger partial charge in [-0.25, -0.2) is 4.39 Å². The summed E-state index contributed by atoms with van der Waals surface area (Å²) >= 11 is 0. The summed E-state index contributed by atoms with van der Waals surface area (Å²) < 4.78 is 26.2. The lowest BCUT2D eigenvalue weighted by molar-refractivity contribution is 0.0960. The molecule has 214 valence electrons. The minimum atomic E-state index is -0.364. The molecule has 5 nitrogen and oxygen atoms in total. The Kier molecular flexibility index (Phi) is 8.87. The van der Waals surface area contributed by atoms with E-state index in [9.17, 15) is 14.0 Å². The Bertz CT molecular complexity index is 1530. The Balaban J connectivity index is 1.58. The molecule has 0 unspecified atom stereocenters. The average molecular weight is 556 g/mol. The Morgan fingerprint density at radius 3 is 2.41 bits per heavy atom. The molecule has 0 saturated heterocycles. The van der Waals surface area contributed by atoms with E-state index in [2.05, 4.69) is 19.2 Å². The van der Waals surface area contributed by atoms with Gasteiger partial charge in [-0.1, -0.05) is 39.2 Å². The predicted octanol–water partition coefficient (Wildman–Crippen LogP) is 8.84. The quantitative estimate of drug-likeness (QED) is 0.199. The third-order valence-corrected chi connectivity index (χ3v) is 8.01. The second kappa shape index (κ2) is 12.7. The second-order valence-electron chi connectivity index (χ2n) is 11.5. The van der Waals surface area contributed by atoms with E-state index in [0.717, 1.165) is 23.3 Å². The van der Waals surface area contributed by atoms with Crippen LogP contribution in [-0.2, 0) is 0 Å². The van der Waals surface area contributed by atoms with Crippen LogP contribution in [0.5, 0.6) is 5.75 Å². The zero-order valence-electron chi connectivity index (χ0n) is 24.1. The molecule has 5 rings (SSSR count). The molecule has 4 aromatic rings. The largest absolute Gasteiger partial charge is 0.493 e. The highest BCUT2D eigenvalue weighted by molar-refractivity contribution is 6.12. The van der Waals surface area contributed by atoms with Crippen molar-refractivity contribution >= 4 is 22.7 Å². The van der Waals surface area contributed by atoms with Gasteiger partial charge in [0.2, 0.25) is 0 Å². The molecular weight excluding hydrogens is 517 g/mol. The van der Waals surface area contributed by atoms with Crippen molar-refractivity contribution in [3.05, 3.63) is 77.6 Å². The van der Waals surface area contributed by atoms with Gasteiger partial charge >= 0.3 is 0 Å². The molecule has 1 fully saturated rings. The maximum Gasteiger partial charge on any atom is 0.255 e. The fourth-order valence-corrected chi connectivity index (χ4v) is 5.60. The van der Waals surface area contributed by atoms with Gasteiger partial charge in [0.25, 0.3) is 5.91 Å². The van der Waals surface area contributed by atoms with Crippen molar-refractivity contribution in [2.75, 3.05) is 13.7 Å². The normalized spacial score (nSPS) is 14.0. The topological polar surface area (TPSA) is 68.5 Å². The summed E-state index contributed by atoms with van der Waals surface area (Å²) in [7, 11) is 1.57. The van der Waals surface area contributed by atoms with E-state index in [1.165, 1.54) is 44.2 Å². The highest BCUT2D eigenvalue weighted by Crippen LogP contribution is 2.39. The van der Waals surface area contributed by atoms with E-state index in [-0.39, 0.29) is 17.5 Å². The summed E-state index contributed by atoms with van der Waals surface area (Å²) in [5, 5.41) is 3.35. The molecule has 0 bridgehead atoms. The molecule has 1 N–H and O–H groups in total. The molecule has 6 heteroatoms. The maximum atomic E-state index is 13.6. The number of rotatable bonds is 10. The van der Waals surface area contributed by atoms with Crippen LogP contribution in [0.3, 0.4) is 0 Å². The molecule has 1 aliphatic carbocycles. The molecule has 1 heterocycles. The molecular formula is C35H38FNO4. The fourth-order valence-electron chi connectivity index (χ4n) is 5.60. The number of ether oxygens (including phenoxy) is 1. The molecule has 1 aromatic heterocycles. The van der Waals surface area contributed by atoms with Crippen molar-refractivity contribution in [2.24, 2.45) is 11.8 Å². The van der Waals surface area contributed by atoms with Gasteiger partial charge in [-0.2, -0.15) is 0 Å². The number of Topliss-reactive ketones (excluding diaryl/α,β-unsaturated/α-hetero) is 1. The Hall–Kier alpha value is -3.93. The smallest absolute Gasteiger partial charge is 0.255 e. The van der Waals surface area contributed by atoms with Gasteiger partial charge in [0.1, 0.15) is 22.9 Å². The number of furan rings is 1. The molecule has 1 amide bonds. The van der Waals surface area contributed by atoms with Gasteiger partial charge in [-0.15, -0.1) is 0 Å². The van der Waals surface area contributed by atoms with Crippen molar-refractivity contribution in [1.29, 1.82) is 0 Å². The minimum Gasteiger partial charge on any atom is -0.493 e. The lowest BCUT2D eigenvalue weighted by atomic mass is 9.90. The van der Waals surface area contributed by atoms with E-state index in [4.69, 9.17) is 9.15 Å². The van der Waals surface area contributed by atoms with Crippen LogP contribution in [-0.4, -0.2) is 25.3 Å². The van der Waals surface area contributed by atoms with Crippen molar-refractivity contribution in [1.82, 2.24) is 5.32 Å². The maximum absolute atomic E-state index is 13.6. The van der Waals surface area contributed by atoms with Crippen LogP contribution in [0.15, 0.2) is 65.1 Å². The summed E-state index contributed by atoms with van der Waals surface area (Å²) in [4.78, 5) is 26.2. The summed E-state index contributed by atoms with van der Waals surface area (Å²) in [5.74, 6) is 1.51. The summed E-state index contributed by atoms with van der Waals surface area (Å²) in [5.41, 5.74) is 3.82. The van der Waals surface area contributed by atoms with Crippen LogP contribution in [0.1, 0.15) is 79.5 Å². The van der Waals surface area contributed by atoms with Gasteiger partial charge < -0.3 is 14.5 Å². The van der Waals surface area contributed by atoms with Crippen molar-refractivity contribution in [3.63, 3.8) is 0 Å². The average Bonchev–Trinajstić information content (AvgIpc) is 3.38. The molecule has 0 aliphatic heterocycles. The number of carbonyl (C=O) groups is 2. The lowest BCUT2D eigenvalue weighted by Crippen LogP contribution is -2.18. The van der Waals surface area contributed by atoms with Crippen LogP contribution in [0, 0.1) is 17.7 Å². The standard InChI is InChI=1S/C35H38FNO4/c1-22(2)9-16-30(38)26-13-17-31(40-21-23-7-5-4-6-8-23)28(20-26)25-12-18-32-29(19-25)33(35(39)37-3)34(41-32)24-10-14-27(36)15-11-24/h10-15,17-20,22-23H,4-9,16,21H2,1-3H3,(H,37,39). The molecule has 1 saturated carbocycles. The Morgan fingerprint density at radius 2 is 1.71 bits per heavy atom. The zero-order chi connectivity index (χ0) is 28.9. The first kappa shape index (κ1) is 28.6. The molecule has 3 aromatic carbocycles. The summed E-state index contributed by atoms with van der Waals surface area (Å²) in [6.45, 7) is 4.87. The van der Waals surface area contributed by atoms with Gasteiger partial charge in [-0.3, -0.25) is 9.59 Å². The van der Waals surface area contributed by atoms with Crippen molar-refractivity contribution in [3.8, 4) is 28.2 Å². The number of hydrogen-bond donors (Lipinski definition) is 1. The zero-order valence-corrected chi connectivity index (χ0v) is 24.1. The molecule has 0 radical (unpaired) electrons. The number of benzene rings is 3. The van der Waals surface area contributed by atoms with Crippen molar-refractivity contribution < 1.29 is 23.1 Å². The fraction of sp³-hybridized carbons (Fsp3) is 0.371. The third kappa shape index (κ3) is 6.53. The number of hydrogen-bond acceptors (Lipinski definition) is 4.